The molecule has 23 heavy (non-hydrogen) atoms. The Balaban J connectivity index is 1.73. The summed E-state index contributed by atoms with van der Waals surface area (Å²) in [5, 5.41) is 3.21. The van der Waals surface area contributed by atoms with Crippen molar-refractivity contribution in [3.8, 4) is 17.0 Å². The molecule has 2 aromatic carbocycles. The number of carbonyl (C=O) groups excluding carboxylic acids is 1. The van der Waals surface area contributed by atoms with Gasteiger partial charge in [0, 0.05) is 10.4 Å². The van der Waals surface area contributed by atoms with Gasteiger partial charge in [-0.25, -0.2) is 9.78 Å². The molecule has 5 heteroatoms. The minimum Gasteiger partial charge on any atom is -0.410 e. The Labute approximate surface area is 138 Å². The standard InChI is InChI=1S/C18H16N2O2S/c1-12-8-10-14(11-9-12)16-13(2)23-17(19-16)20-18(21)22-15-6-4-3-5-7-15/h3-11H,1-2H3,(H,19,20,21). The van der Waals surface area contributed by atoms with Crippen LogP contribution in [0.5, 0.6) is 5.75 Å². The largest absolute Gasteiger partial charge is 0.418 e. The Hall–Kier alpha value is -2.66. The zero-order valence-electron chi connectivity index (χ0n) is 12.9. The molecule has 0 saturated carbocycles. The minimum absolute atomic E-state index is 0.497. The van der Waals surface area contributed by atoms with E-state index in [-0.39, 0.29) is 0 Å². The maximum Gasteiger partial charge on any atom is 0.418 e. The number of aromatic nitrogens is 1. The third-order valence-corrected chi connectivity index (χ3v) is 4.17. The van der Waals surface area contributed by atoms with Crippen molar-refractivity contribution in [1.29, 1.82) is 0 Å². The van der Waals surface area contributed by atoms with Gasteiger partial charge in [-0.3, -0.25) is 5.32 Å². The average Bonchev–Trinajstić information content (AvgIpc) is 2.89. The Morgan fingerprint density at radius 2 is 1.74 bits per heavy atom. The lowest BCUT2D eigenvalue weighted by Crippen LogP contribution is -2.16. The summed E-state index contributed by atoms with van der Waals surface area (Å²) in [6.45, 7) is 4.03. The second kappa shape index (κ2) is 6.62. The molecule has 0 atom stereocenters. The van der Waals surface area contributed by atoms with Crippen LogP contribution in [-0.2, 0) is 0 Å². The molecule has 4 nitrogen and oxygen atoms in total. The summed E-state index contributed by atoms with van der Waals surface area (Å²) in [6, 6.07) is 17.1. The Morgan fingerprint density at radius 3 is 2.43 bits per heavy atom. The fraction of sp³-hybridized carbons (Fsp3) is 0.111. The van der Waals surface area contributed by atoms with Crippen molar-refractivity contribution < 1.29 is 9.53 Å². The van der Waals surface area contributed by atoms with Gasteiger partial charge in [-0.15, -0.1) is 11.3 Å². The average molecular weight is 324 g/mol. The van der Waals surface area contributed by atoms with Crippen molar-refractivity contribution in [3.05, 3.63) is 65.0 Å². The highest BCUT2D eigenvalue weighted by molar-refractivity contribution is 7.16. The van der Waals surface area contributed by atoms with Gasteiger partial charge in [0.25, 0.3) is 0 Å². The molecule has 1 N–H and O–H groups in total. The number of hydrogen-bond donors (Lipinski definition) is 1. The van der Waals surface area contributed by atoms with Crippen molar-refractivity contribution in [3.63, 3.8) is 0 Å². The summed E-state index contributed by atoms with van der Waals surface area (Å²) >= 11 is 1.43. The third-order valence-electron chi connectivity index (χ3n) is 3.28. The minimum atomic E-state index is -0.541. The smallest absolute Gasteiger partial charge is 0.410 e. The van der Waals surface area contributed by atoms with Gasteiger partial charge in [0.1, 0.15) is 5.75 Å². The number of nitrogens with zero attached hydrogens (tertiary/aromatic N) is 1. The molecule has 0 fully saturated rings. The fourth-order valence-corrected chi connectivity index (χ4v) is 2.96. The van der Waals surface area contributed by atoms with Crippen LogP contribution in [0.4, 0.5) is 9.93 Å². The lowest BCUT2D eigenvalue weighted by molar-refractivity contribution is 0.215. The van der Waals surface area contributed by atoms with Crippen molar-refractivity contribution in [2.24, 2.45) is 0 Å². The van der Waals surface area contributed by atoms with Gasteiger partial charge >= 0.3 is 6.09 Å². The van der Waals surface area contributed by atoms with Crippen LogP contribution >= 0.6 is 11.3 Å². The molecule has 3 aromatic rings. The SMILES string of the molecule is Cc1ccc(-c2nc(NC(=O)Oc3ccccc3)sc2C)cc1. The van der Waals surface area contributed by atoms with E-state index in [0.717, 1.165) is 16.1 Å². The number of thiazole rings is 1. The summed E-state index contributed by atoms with van der Waals surface area (Å²) in [4.78, 5) is 17.5. The number of nitrogens with one attached hydrogen (secondary N) is 1. The van der Waals surface area contributed by atoms with Crippen molar-refractivity contribution in [2.45, 2.75) is 13.8 Å². The monoisotopic (exact) mass is 324 g/mol. The van der Waals surface area contributed by atoms with E-state index in [0.29, 0.717) is 10.9 Å². The molecular weight excluding hydrogens is 308 g/mol. The lowest BCUT2D eigenvalue weighted by Gasteiger charge is -2.03. The third kappa shape index (κ3) is 3.76. The van der Waals surface area contributed by atoms with E-state index in [1.165, 1.54) is 16.9 Å². The molecule has 0 unspecified atom stereocenters. The number of ether oxygens (including phenoxy) is 1. The molecule has 1 heterocycles. The first-order valence-electron chi connectivity index (χ1n) is 7.20. The van der Waals surface area contributed by atoms with Crippen LogP contribution in [0.25, 0.3) is 11.3 Å². The van der Waals surface area contributed by atoms with E-state index in [2.05, 4.69) is 10.3 Å². The topological polar surface area (TPSA) is 51.2 Å². The number of rotatable bonds is 3. The molecule has 0 radical (unpaired) electrons. The van der Waals surface area contributed by atoms with E-state index in [1.807, 2.05) is 56.3 Å². The quantitative estimate of drug-likeness (QED) is 0.734. The van der Waals surface area contributed by atoms with Gasteiger partial charge in [-0.1, -0.05) is 48.0 Å². The lowest BCUT2D eigenvalue weighted by atomic mass is 10.1. The van der Waals surface area contributed by atoms with Crippen molar-refractivity contribution >= 4 is 22.6 Å². The number of hydrogen-bond acceptors (Lipinski definition) is 4. The number of carbonyl (C=O) groups is 1. The highest BCUT2D eigenvalue weighted by Gasteiger charge is 2.13. The van der Waals surface area contributed by atoms with Gasteiger partial charge in [-0.2, -0.15) is 0 Å². The molecule has 0 saturated heterocycles. The van der Waals surface area contributed by atoms with Crippen LogP contribution in [-0.4, -0.2) is 11.1 Å². The Kier molecular flexibility index (Phi) is 4.39. The summed E-state index contributed by atoms with van der Waals surface area (Å²) in [7, 11) is 0. The maximum atomic E-state index is 11.9. The van der Waals surface area contributed by atoms with Gasteiger partial charge in [-0.05, 0) is 26.0 Å². The van der Waals surface area contributed by atoms with Crippen LogP contribution in [0.3, 0.4) is 0 Å². The normalized spacial score (nSPS) is 10.3. The fourth-order valence-electron chi connectivity index (χ4n) is 2.14. The predicted molar refractivity (Wildman–Crippen MR) is 93.1 cm³/mol. The summed E-state index contributed by atoms with van der Waals surface area (Å²) < 4.78 is 5.21. The van der Waals surface area contributed by atoms with Gasteiger partial charge in [0.15, 0.2) is 5.13 Å². The van der Waals surface area contributed by atoms with Gasteiger partial charge in [0.2, 0.25) is 0 Å². The first kappa shape index (κ1) is 15.2. The molecule has 3 rings (SSSR count). The van der Waals surface area contributed by atoms with E-state index < -0.39 is 6.09 Å². The van der Waals surface area contributed by atoms with E-state index in [1.54, 1.807) is 12.1 Å². The molecule has 1 amide bonds. The van der Waals surface area contributed by atoms with Crippen molar-refractivity contribution in [1.82, 2.24) is 4.98 Å². The molecule has 0 spiro atoms. The molecule has 1 aromatic heterocycles. The number of para-hydroxylation sites is 1. The molecule has 0 bridgehead atoms. The number of amides is 1. The predicted octanol–water partition coefficient (Wildman–Crippen LogP) is 5.04. The Morgan fingerprint density at radius 1 is 1.04 bits per heavy atom. The molecule has 0 aliphatic heterocycles. The number of aryl methyl sites for hydroxylation is 2. The maximum absolute atomic E-state index is 11.9. The second-order valence-corrected chi connectivity index (χ2v) is 6.32. The van der Waals surface area contributed by atoms with E-state index >= 15 is 0 Å². The van der Waals surface area contributed by atoms with Crippen molar-refractivity contribution in [2.75, 3.05) is 5.32 Å². The first-order chi connectivity index (χ1) is 11.1. The highest BCUT2D eigenvalue weighted by atomic mass is 32.1. The van der Waals surface area contributed by atoms with Crippen LogP contribution in [0, 0.1) is 13.8 Å². The van der Waals surface area contributed by atoms with Crippen LogP contribution < -0.4 is 10.1 Å². The van der Waals surface area contributed by atoms with Gasteiger partial charge in [0.05, 0.1) is 5.69 Å². The Bertz CT molecular complexity index is 811. The van der Waals surface area contributed by atoms with Crippen LogP contribution in [0.15, 0.2) is 54.6 Å². The first-order valence-corrected chi connectivity index (χ1v) is 8.02. The molecule has 0 aliphatic carbocycles. The summed E-state index contributed by atoms with van der Waals surface area (Å²) in [5.74, 6) is 0.497. The molecule has 0 aliphatic rings. The second-order valence-electron chi connectivity index (χ2n) is 5.12. The zero-order chi connectivity index (χ0) is 16.2. The van der Waals surface area contributed by atoms with Crippen LogP contribution in [0.1, 0.15) is 10.4 Å². The molecular formula is C18H16N2O2S. The van der Waals surface area contributed by atoms with E-state index in [9.17, 15) is 4.79 Å². The van der Waals surface area contributed by atoms with Crippen LogP contribution in [0.2, 0.25) is 0 Å². The summed E-state index contributed by atoms with van der Waals surface area (Å²) in [6.07, 6.45) is -0.541. The number of benzene rings is 2. The summed E-state index contributed by atoms with van der Waals surface area (Å²) in [5.41, 5.74) is 3.12. The number of anilines is 1. The molecule has 116 valence electrons. The zero-order valence-corrected chi connectivity index (χ0v) is 13.7. The highest BCUT2D eigenvalue weighted by Crippen LogP contribution is 2.30. The van der Waals surface area contributed by atoms with Gasteiger partial charge < -0.3 is 4.74 Å². The van der Waals surface area contributed by atoms with E-state index in [4.69, 9.17) is 4.74 Å².